The lowest BCUT2D eigenvalue weighted by molar-refractivity contribution is -1.09. The molecule has 0 aromatic heterocycles. The average molecular weight is 172 g/mol. The number of rotatable bonds is 2. The van der Waals surface area contributed by atoms with Crippen LogP contribution in [0.4, 0.5) is 0 Å². The first-order chi connectivity index (χ1) is 5.64. The van der Waals surface area contributed by atoms with Crippen molar-refractivity contribution in [2.24, 2.45) is 5.10 Å². The maximum Gasteiger partial charge on any atom is 0.128 e. The standard InChI is InChI=1S/C8H18N3O/c1-3-4-9-10-5-7-11(2,12)8-6-10/h4,12H,3,5-8H2,1-2H3/q+1/b9-4+. The Bertz CT molecular complexity index is 158. The zero-order valence-electron chi connectivity index (χ0n) is 7.90. The number of nitrogens with zero attached hydrogens (tertiary/aromatic N) is 3. The molecule has 1 aliphatic rings. The topological polar surface area (TPSA) is 35.8 Å². The second-order valence-corrected chi connectivity index (χ2v) is 3.45. The second-order valence-electron chi connectivity index (χ2n) is 3.45. The molecule has 0 atom stereocenters. The number of hydroxylamine groups is 3. The van der Waals surface area contributed by atoms with Crippen molar-refractivity contribution in [2.75, 3.05) is 33.2 Å². The number of likely N-dealkylation sites (N-methyl/N-ethyl adjacent to an activating group) is 1. The Hall–Kier alpha value is -0.610. The molecule has 0 aromatic carbocycles. The molecule has 0 aliphatic carbocycles. The number of quaternary nitrogens is 1. The molecule has 0 saturated carbocycles. The lowest BCUT2D eigenvalue weighted by Crippen LogP contribution is -2.53. The van der Waals surface area contributed by atoms with Crippen LogP contribution in [0, 0.1) is 0 Å². The molecule has 1 heterocycles. The summed E-state index contributed by atoms with van der Waals surface area (Å²) in [6.45, 7) is 5.30. The first-order valence-electron chi connectivity index (χ1n) is 4.49. The van der Waals surface area contributed by atoms with E-state index in [1.54, 1.807) is 0 Å². The van der Waals surface area contributed by atoms with Gasteiger partial charge in [0.15, 0.2) is 0 Å². The van der Waals surface area contributed by atoms with E-state index in [1.807, 2.05) is 18.3 Å². The van der Waals surface area contributed by atoms with Gasteiger partial charge < -0.3 is 0 Å². The molecule has 1 saturated heterocycles. The van der Waals surface area contributed by atoms with Gasteiger partial charge in [-0.3, -0.25) is 5.01 Å². The van der Waals surface area contributed by atoms with E-state index in [4.69, 9.17) is 0 Å². The highest BCUT2D eigenvalue weighted by Gasteiger charge is 2.25. The van der Waals surface area contributed by atoms with Gasteiger partial charge in [-0.15, -0.1) is 0 Å². The van der Waals surface area contributed by atoms with Crippen molar-refractivity contribution in [3.05, 3.63) is 0 Å². The minimum atomic E-state index is 0.137. The van der Waals surface area contributed by atoms with Gasteiger partial charge in [0, 0.05) is 6.21 Å². The van der Waals surface area contributed by atoms with Crippen molar-refractivity contribution in [3.8, 4) is 0 Å². The van der Waals surface area contributed by atoms with Crippen molar-refractivity contribution < 1.29 is 9.85 Å². The van der Waals surface area contributed by atoms with Crippen LogP contribution in [-0.4, -0.2) is 54.3 Å². The van der Waals surface area contributed by atoms with Gasteiger partial charge in [0.05, 0.1) is 20.1 Å². The summed E-state index contributed by atoms with van der Waals surface area (Å²) in [5.41, 5.74) is 0. The molecule has 0 amide bonds. The molecule has 0 unspecified atom stereocenters. The van der Waals surface area contributed by atoms with E-state index >= 15 is 0 Å². The summed E-state index contributed by atoms with van der Waals surface area (Å²) < 4.78 is 0.137. The zero-order chi connectivity index (χ0) is 9.03. The van der Waals surface area contributed by atoms with Crippen LogP contribution in [0.3, 0.4) is 0 Å². The Labute approximate surface area is 73.6 Å². The molecular formula is C8H18N3O+. The third-order valence-electron chi connectivity index (χ3n) is 2.11. The number of hydrogen-bond donors (Lipinski definition) is 1. The van der Waals surface area contributed by atoms with Gasteiger partial charge in [-0.1, -0.05) is 6.92 Å². The third-order valence-corrected chi connectivity index (χ3v) is 2.11. The molecule has 0 radical (unpaired) electrons. The molecule has 1 N–H and O–H groups in total. The van der Waals surface area contributed by atoms with E-state index in [-0.39, 0.29) is 4.65 Å². The first-order valence-corrected chi connectivity index (χ1v) is 4.49. The first kappa shape index (κ1) is 9.48. The molecule has 1 rings (SSSR count). The highest BCUT2D eigenvalue weighted by atomic mass is 16.5. The predicted octanol–water partition coefficient (Wildman–Crippen LogP) is 0.534. The monoisotopic (exact) mass is 172 g/mol. The summed E-state index contributed by atoms with van der Waals surface area (Å²) in [6, 6.07) is 0. The maximum absolute atomic E-state index is 9.58. The van der Waals surface area contributed by atoms with E-state index in [0.717, 1.165) is 32.6 Å². The second kappa shape index (κ2) is 3.87. The third kappa shape index (κ3) is 2.79. The quantitative estimate of drug-likeness (QED) is 0.487. The largest absolute Gasteiger partial charge is 0.286 e. The summed E-state index contributed by atoms with van der Waals surface area (Å²) in [6.07, 6.45) is 2.88. The Balaban J connectivity index is 2.31. The molecule has 1 fully saturated rings. The van der Waals surface area contributed by atoms with Crippen LogP contribution in [0.25, 0.3) is 0 Å². The van der Waals surface area contributed by atoms with Crippen molar-refractivity contribution >= 4 is 6.21 Å². The molecule has 1 aliphatic heterocycles. The Morgan fingerprint density at radius 2 is 2.08 bits per heavy atom. The van der Waals surface area contributed by atoms with Crippen LogP contribution in [-0.2, 0) is 0 Å². The highest BCUT2D eigenvalue weighted by Crippen LogP contribution is 2.05. The fourth-order valence-electron chi connectivity index (χ4n) is 1.20. The van der Waals surface area contributed by atoms with Crippen molar-refractivity contribution in [1.82, 2.24) is 5.01 Å². The van der Waals surface area contributed by atoms with Gasteiger partial charge in [0.1, 0.15) is 13.1 Å². The summed E-state index contributed by atoms with van der Waals surface area (Å²) in [5, 5.41) is 15.8. The smallest absolute Gasteiger partial charge is 0.128 e. The summed E-state index contributed by atoms with van der Waals surface area (Å²) >= 11 is 0. The van der Waals surface area contributed by atoms with E-state index in [9.17, 15) is 5.21 Å². The van der Waals surface area contributed by atoms with Gasteiger partial charge in [-0.2, -0.15) is 9.75 Å². The molecule has 12 heavy (non-hydrogen) atoms. The fourth-order valence-corrected chi connectivity index (χ4v) is 1.20. The summed E-state index contributed by atoms with van der Waals surface area (Å²) in [4.78, 5) is 0. The van der Waals surface area contributed by atoms with Crippen LogP contribution in [0.2, 0.25) is 0 Å². The van der Waals surface area contributed by atoms with Gasteiger partial charge >= 0.3 is 0 Å². The highest BCUT2D eigenvalue weighted by molar-refractivity contribution is 5.56. The van der Waals surface area contributed by atoms with Gasteiger partial charge in [-0.05, 0) is 6.42 Å². The van der Waals surface area contributed by atoms with Crippen LogP contribution < -0.4 is 0 Å². The predicted molar refractivity (Wildman–Crippen MR) is 48.1 cm³/mol. The summed E-state index contributed by atoms with van der Waals surface area (Å²) in [7, 11) is 1.83. The lowest BCUT2D eigenvalue weighted by atomic mass is 10.4. The number of piperazine rings is 1. The molecular weight excluding hydrogens is 154 g/mol. The molecule has 0 aromatic rings. The molecule has 0 spiro atoms. The maximum atomic E-state index is 9.58. The van der Waals surface area contributed by atoms with E-state index in [0.29, 0.717) is 0 Å². The van der Waals surface area contributed by atoms with Crippen LogP contribution in [0.15, 0.2) is 5.10 Å². The molecule has 4 heteroatoms. The van der Waals surface area contributed by atoms with Crippen molar-refractivity contribution in [2.45, 2.75) is 13.3 Å². The minimum Gasteiger partial charge on any atom is -0.286 e. The SMILES string of the molecule is CC/C=N/N1CC[N+](C)(O)CC1. The van der Waals surface area contributed by atoms with Crippen LogP contribution >= 0.6 is 0 Å². The fraction of sp³-hybridized carbons (Fsp3) is 0.875. The normalized spacial score (nSPS) is 23.4. The zero-order valence-corrected chi connectivity index (χ0v) is 7.90. The molecule has 0 bridgehead atoms. The van der Waals surface area contributed by atoms with Crippen molar-refractivity contribution in [3.63, 3.8) is 0 Å². The summed E-state index contributed by atoms with van der Waals surface area (Å²) in [5.74, 6) is 0. The molecule has 70 valence electrons. The van der Waals surface area contributed by atoms with E-state index < -0.39 is 0 Å². The van der Waals surface area contributed by atoms with Gasteiger partial charge in [0.2, 0.25) is 0 Å². The van der Waals surface area contributed by atoms with Gasteiger partial charge in [-0.25, -0.2) is 5.21 Å². The Kier molecular flexibility index (Phi) is 3.05. The molecule has 4 nitrogen and oxygen atoms in total. The Morgan fingerprint density at radius 3 is 2.58 bits per heavy atom. The van der Waals surface area contributed by atoms with E-state index in [1.165, 1.54) is 0 Å². The van der Waals surface area contributed by atoms with Gasteiger partial charge in [0.25, 0.3) is 0 Å². The number of hydrogen-bond acceptors (Lipinski definition) is 3. The number of hydrazone groups is 1. The van der Waals surface area contributed by atoms with Crippen LogP contribution in [0.1, 0.15) is 13.3 Å². The minimum absolute atomic E-state index is 0.137. The lowest BCUT2D eigenvalue weighted by Gasteiger charge is -2.34. The Morgan fingerprint density at radius 1 is 1.50 bits per heavy atom. The van der Waals surface area contributed by atoms with E-state index in [2.05, 4.69) is 12.0 Å². The van der Waals surface area contributed by atoms with Crippen molar-refractivity contribution in [1.29, 1.82) is 0 Å². The van der Waals surface area contributed by atoms with Crippen LogP contribution in [0.5, 0.6) is 0 Å². The average Bonchev–Trinajstić information content (AvgIpc) is 2.03.